The monoisotopic (exact) mass is 1290 g/mol. The molecule has 0 heteroatoms. The van der Waals surface area contributed by atoms with Crippen molar-refractivity contribution in [3.63, 3.8) is 0 Å². The first-order chi connectivity index (χ1) is 45.5. The first-order valence-electron chi connectivity index (χ1n) is 38.0. The van der Waals surface area contributed by atoms with Crippen LogP contribution in [0.2, 0.25) is 0 Å². The van der Waals surface area contributed by atoms with Gasteiger partial charge < -0.3 is 0 Å². The van der Waals surface area contributed by atoms with Crippen LogP contribution < -0.4 is 0 Å². The Hall–Kier alpha value is -6.24. The van der Waals surface area contributed by atoms with Crippen molar-refractivity contribution >= 4 is 0 Å². The van der Waals surface area contributed by atoms with Crippen molar-refractivity contribution in [2.24, 2.45) is 11.8 Å². The van der Waals surface area contributed by atoms with Gasteiger partial charge in [-0.3, -0.25) is 0 Å². The van der Waals surface area contributed by atoms with Crippen LogP contribution in [-0.2, 0) is 11.8 Å². The Morgan fingerprint density at radius 1 is 0.312 bits per heavy atom. The fraction of sp³-hybridized carbons (Fsp3) is 0.500. The largest absolute Gasteiger partial charge is 0.0613 e. The van der Waals surface area contributed by atoms with Crippen LogP contribution in [0.4, 0.5) is 0 Å². The number of hydrogen-bond donors (Lipinski definition) is 0. The van der Waals surface area contributed by atoms with E-state index in [9.17, 15) is 0 Å². The number of benzene rings is 8. The third kappa shape index (κ3) is 24.6. The number of rotatable bonds is 6. The summed E-state index contributed by atoms with van der Waals surface area (Å²) in [6, 6.07) is 54.0. The van der Waals surface area contributed by atoms with E-state index in [0.29, 0.717) is 5.92 Å². The lowest BCUT2D eigenvalue weighted by molar-refractivity contribution is 0.418. The Labute approximate surface area is 590 Å². The van der Waals surface area contributed by atoms with Gasteiger partial charge in [-0.25, -0.2) is 0 Å². The second-order valence-corrected chi connectivity index (χ2v) is 32.1. The average molecular weight is 1290 g/mol. The van der Waals surface area contributed by atoms with Gasteiger partial charge in [-0.1, -0.05) is 277 Å². The van der Waals surface area contributed by atoms with Gasteiger partial charge >= 0.3 is 0 Å². The molecular weight excluding hydrogens is 1150 g/mol. The van der Waals surface area contributed by atoms with Crippen molar-refractivity contribution < 1.29 is 0 Å². The van der Waals surface area contributed by atoms with Gasteiger partial charge in [-0.2, -0.15) is 0 Å². The van der Waals surface area contributed by atoms with Crippen LogP contribution in [0.15, 0.2) is 146 Å². The van der Waals surface area contributed by atoms with Crippen molar-refractivity contribution in [1.29, 1.82) is 0 Å². The van der Waals surface area contributed by atoms with Crippen LogP contribution >= 0.6 is 0 Å². The third-order valence-electron chi connectivity index (χ3n) is 22.1. The lowest BCUT2D eigenvalue weighted by atomic mass is 9.78. The van der Waals surface area contributed by atoms with Crippen molar-refractivity contribution in [1.82, 2.24) is 0 Å². The van der Waals surface area contributed by atoms with Gasteiger partial charge in [0.1, 0.15) is 0 Å². The minimum atomic E-state index is 0.274. The van der Waals surface area contributed by atoms with Crippen molar-refractivity contribution in [2.75, 3.05) is 0 Å². The van der Waals surface area contributed by atoms with Gasteiger partial charge in [0, 0.05) is 0 Å². The van der Waals surface area contributed by atoms with Crippen LogP contribution in [0.25, 0.3) is 0 Å². The van der Waals surface area contributed by atoms with E-state index < -0.39 is 0 Å². The Morgan fingerprint density at radius 3 is 1.01 bits per heavy atom. The zero-order chi connectivity index (χ0) is 70.4. The van der Waals surface area contributed by atoms with E-state index in [1.807, 2.05) is 0 Å². The third-order valence-corrected chi connectivity index (χ3v) is 22.1. The molecule has 5 aliphatic rings. The SMILES string of the molecule is CCc1cc(C)ccc1C.Cc1ccc(C)c(C(C)(C)C)c1.Cc1ccc(C)c(C(C)C)c1.Cc1ccc(C)c(C)c1.Cc1ccc(C)c(C2CC3CCC2C3)c1.Cc1ccc(C)c(C2CCC2)c1.Cc1ccc(C)c(C2CCCC2)c1.Cc1ccc(C)c(C2CCCCC2)c1. The molecule has 0 heterocycles. The summed E-state index contributed by atoms with van der Waals surface area (Å²) in [6.45, 7) is 50.6. The molecule has 2 bridgehead atoms. The van der Waals surface area contributed by atoms with E-state index in [4.69, 9.17) is 0 Å². The molecule has 0 aromatic heterocycles. The first-order valence-corrected chi connectivity index (χ1v) is 38.0. The van der Waals surface area contributed by atoms with Gasteiger partial charge in [-0.05, 0) is 318 Å². The molecule has 3 unspecified atom stereocenters. The number of fused-ring (bicyclic) bond motifs is 2. The standard InChI is InChI=1S/C15H20.C14H20.C13H18.C12H16.C12H18.C11H16.C10H14.C9H12/c1-10-3-4-11(2)14(7-10)15-9-12-5-6-13(15)8-12;1-11-8-9-12(2)14(10-11)13-6-4-3-5-7-13;1-10-7-8-11(2)13(9-10)12-5-3-4-6-12;1-9-6-7-10(2)12(8-9)11-4-3-5-11;1-9-6-7-10(2)11(8-9)12(3,4)5;1-8(2)11-7-9(3)5-6-10(11)4;1-4-10-7-8(2)5-6-9(10)3;1-7-4-5-8(2)9(3)6-7/h3-4,7,12-13,15H,5-6,8-9H2,1-2H3;8-10,13H,3-7H2,1-2H3;7-9,12H,3-6H2,1-2H3;6-8,11H,3-5H2,1-2H3;6-8H,1-5H3;5-8H,1-4H3;5-7H,4H2,1-3H3;4-6H,1-3H3. The van der Waals surface area contributed by atoms with Crippen molar-refractivity contribution in [3.05, 3.63) is 279 Å². The summed E-state index contributed by atoms with van der Waals surface area (Å²) < 4.78 is 0. The second-order valence-electron chi connectivity index (χ2n) is 32.1. The number of aryl methyl sites for hydroxylation is 18. The highest BCUT2D eigenvalue weighted by Crippen LogP contribution is 2.53. The molecule has 0 spiro atoms. The molecule has 8 aromatic rings. The molecule has 0 aliphatic heterocycles. The topological polar surface area (TPSA) is 0 Å². The molecule has 8 aromatic carbocycles. The molecule has 0 saturated heterocycles. The Bertz CT molecular complexity index is 3660. The molecule has 3 atom stereocenters. The molecule has 0 amide bonds. The molecule has 0 nitrogen and oxygen atoms in total. The van der Waals surface area contributed by atoms with E-state index in [1.165, 1.54) is 214 Å². The minimum Gasteiger partial charge on any atom is -0.0613 e. The summed E-state index contributed by atoms with van der Waals surface area (Å²) in [7, 11) is 0. The Morgan fingerprint density at radius 2 is 0.667 bits per heavy atom. The van der Waals surface area contributed by atoms with Gasteiger partial charge in [0.15, 0.2) is 0 Å². The van der Waals surface area contributed by atoms with E-state index in [-0.39, 0.29) is 5.41 Å². The van der Waals surface area contributed by atoms with Crippen LogP contribution in [0.1, 0.15) is 307 Å². The van der Waals surface area contributed by atoms with Crippen LogP contribution in [0.3, 0.4) is 0 Å². The predicted octanol–water partition coefficient (Wildman–Crippen LogP) is 28.6. The quantitative estimate of drug-likeness (QED) is 0.156. The van der Waals surface area contributed by atoms with E-state index in [2.05, 4.69) is 305 Å². The van der Waals surface area contributed by atoms with Crippen molar-refractivity contribution in [2.45, 2.75) is 303 Å². The summed E-state index contributed by atoms with van der Waals surface area (Å²) >= 11 is 0. The molecule has 0 N–H and O–H groups in total. The fourth-order valence-electron chi connectivity index (χ4n) is 15.8. The van der Waals surface area contributed by atoms with E-state index in [1.54, 1.807) is 22.3 Å². The highest BCUT2D eigenvalue weighted by Gasteiger charge is 2.40. The lowest BCUT2D eigenvalue weighted by Gasteiger charge is -2.27. The Kier molecular flexibility index (Phi) is 31.3. The van der Waals surface area contributed by atoms with Crippen LogP contribution in [0, 0.1) is 130 Å². The Balaban J connectivity index is 0.000000174. The first kappa shape index (κ1) is 78.8. The zero-order valence-electron chi connectivity index (χ0n) is 65.4. The lowest BCUT2D eigenvalue weighted by Crippen LogP contribution is -2.13. The summed E-state index contributed by atoms with van der Waals surface area (Å²) in [4.78, 5) is 0. The molecule has 518 valence electrons. The van der Waals surface area contributed by atoms with Crippen molar-refractivity contribution in [3.8, 4) is 0 Å². The summed E-state index contributed by atoms with van der Waals surface area (Å²) in [5, 5.41) is 0. The summed E-state index contributed by atoms with van der Waals surface area (Å²) in [6.07, 6.45) is 24.2. The summed E-state index contributed by atoms with van der Waals surface area (Å²) in [5.74, 6) is 6.20. The average Bonchev–Trinajstić information content (AvgIpc) is 1.63. The molecule has 13 rings (SSSR count). The van der Waals surface area contributed by atoms with Gasteiger partial charge in [-0.15, -0.1) is 0 Å². The molecule has 5 aliphatic carbocycles. The second kappa shape index (κ2) is 38.2. The van der Waals surface area contributed by atoms with Gasteiger partial charge in [0.05, 0.1) is 0 Å². The molecular formula is C96H134. The normalized spacial score (nSPS) is 17.2. The van der Waals surface area contributed by atoms with Gasteiger partial charge in [0.25, 0.3) is 0 Å². The number of hydrogen-bond acceptors (Lipinski definition) is 0. The van der Waals surface area contributed by atoms with Crippen LogP contribution in [-0.4, -0.2) is 0 Å². The molecule has 5 saturated carbocycles. The van der Waals surface area contributed by atoms with Gasteiger partial charge in [0.2, 0.25) is 0 Å². The predicted molar refractivity (Wildman–Crippen MR) is 426 cm³/mol. The smallest absolute Gasteiger partial charge is 0.0128 e. The van der Waals surface area contributed by atoms with Crippen LogP contribution in [0.5, 0.6) is 0 Å². The minimum absolute atomic E-state index is 0.274. The molecule has 0 radical (unpaired) electrons. The zero-order valence-corrected chi connectivity index (χ0v) is 65.4. The maximum absolute atomic E-state index is 2.43. The summed E-state index contributed by atoms with van der Waals surface area (Å²) in [5.41, 5.74) is 35.2. The fourth-order valence-corrected chi connectivity index (χ4v) is 15.8. The molecule has 5 fully saturated rings. The van der Waals surface area contributed by atoms with E-state index >= 15 is 0 Å². The highest BCUT2D eigenvalue weighted by atomic mass is 14.5. The maximum Gasteiger partial charge on any atom is -0.0128 e. The maximum atomic E-state index is 2.43. The van der Waals surface area contributed by atoms with E-state index in [0.717, 1.165) is 41.9 Å². The highest BCUT2D eigenvalue weighted by molar-refractivity contribution is 5.40. The molecule has 96 heavy (non-hydrogen) atoms.